The Morgan fingerprint density at radius 2 is 1.03 bits per heavy atom. The number of hydrogen-bond acceptors (Lipinski definition) is 3. The Morgan fingerprint density at radius 1 is 0.605 bits per heavy atom. The first-order chi connectivity index (χ1) is 18.7. The molecule has 1 amide bonds. The highest BCUT2D eigenvalue weighted by molar-refractivity contribution is 5.76. The smallest absolute Gasteiger partial charge is 0.220 e. The Hall–Kier alpha value is -1.13. The fourth-order valence-corrected chi connectivity index (χ4v) is 4.84. The highest BCUT2D eigenvalue weighted by Gasteiger charge is 2.17. The minimum Gasteiger partial charge on any atom is -0.394 e. The van der Waals surface area contributed by atoms with Crippen LogP contribution in [0.15, 0.2) is 24.3 Å². The van der Waals surface area contributed by atoms with Crippen LogP contribution >= 0.6 is 0 Å². The van der Waals surface area contributed by atoms with E-state index in [-0.39, 0.29) is 12.5 Å². The SMILES string of the molecule is CCCCCCCCCC=CCCC=C[C@@H](O)[C@H](CO)NC(=O)CCCCCCCCCCCCCCC. The topological polar surface area (TPSA) is 69.6 Å². The lowest BCUT2D eigenvalue weighted by molar-refractivity contribution is -0.123. The molecule has 0 bridgehead atoms. The highest BCUT2D eigenvalue weighted by Crippen LogP contribution is 2.13. The largest absolute Gasteiger partial charge is 0.394 e. The maximum atomic E-state index is 12.2. The van der Waals surface area contributed by atoms with Crippen molar-refractivity contribution in [3.63, 3.8) is 0 Å². The van der Waals surface area contributed by atoms with Gasteiger partial charge in [0, 0.05) is 6.42 Å². The highest BCUT2D eigenvalue weighted by atomic mass is 16.3. The summed E-state index contributed by atoms with van der Waals surface area (Å²) >= 11 is 0. The molecule has 4 heteroatoms. The van der Waals surface area contributed by atoms with Gasteiger partial charge in [0.2, 0.25) is 5.91 Å². The van der Waals surface area contributed by atoms with Crippen LogP contribution in [0, 0.1) is 0 Å². The fraction of sp³-hybridized carbons (Fsp3) is 0.853. The molecule has 0 aromatic heterocycles. The summed E-state index contributed by atoms with van der Waals surface area (Å²) in [4.78, 5) is 12.2. The molecule has 0 aromatic carbocycles. The van der Waals surface area contributed by atoms with Gasteiger partial charge in [-0.15, -0.1) is 0 Å². The zero-order valence-electron chi connectivity index (χ0n) is 25.4. The summed E-state index contributed by atoms with van der Waals surface area (Å²) in [5.74, 6) is -0.0760. The molecule has 2 atom stereocenters. The summed E-state index contributed by atoms with van der Waals surface area (Å²) < 4.78 is 0. The Labute approximate surface area is 237 Å². The molecule has 0 aliphatic rings. The predicted molar refractivity (Wildman–Crippen MR) is 165 cm³/mol. The normalized spacial score (nSPS) is 13.5. The number of nitrogens with one attached hydrogen (secondary N) is 1. The number of carbonyl (C=O) groups excluding carboxylic acids is 1. The van der Waals surface area contributed by atoms with Gasteiger partial charge < -0.3 is 15.5 Å². The molecule has 0 aromatic rings. The van der Waals surface area contributed by atoms with Crippen molar-refractivity contribution in [2.45, 2.75) is 180 Å². The van der Waals surface area contributed by atoms with E-state index in [0.717, 1.165) is 32.1 Å². The lowest BCUT2D eigenvalue weighted by Gasteiger charge is -2.19. The molecule has 0 aliphatic carbocycles. The van der Waals surface area contributed by atoms with Crippen molar-refractivity contribution in [3.05, 3.63) is 24.3 Å². The Bertz CT molecular complexity index is 546. The molecule has 0 aliphatic heterocycles. The second-order valence-corrected chi connectivity index (χ2v) is 11.2. The van der Waals surface area contributed by atoms with E-state index in [0.29, 0.717) is 6.42 Å². The van der Waals surface area contributed by atoms with E-state index in [9.17, 15) is 15.0 Å². The van der Waals surface area contributed by atoms with Gasteiger partial charge in [0.25, 0.3) is 0 Å². The number of aliphatic hydroxyl groups excluding tert-OH is 2. The maximum Gasteiger partial charge on any atom is 0.220 e. The fourth-order valence-electron chi connectivity index (χ4n) is 4.84. The van der Waals surface area contributed by atoms with E-state index < -0.39 is 12.1 Å². The van der Waals surface area contributed by atoms with Gasteiger partial charge in [0.05, 0.1) is 18.8 Å². The molecule has 38 heavy (non-hydrogen) atoms. The van der Waals surface area contributed by atoms with Gasteiger partial charge in [-0.05, 0) is 32.1 Å². The number of aliphatic hydroxyl groups is 2. The van der Waals surface area contributed by atoms with Crippen LogP contribution in [0.1, 0.15) is 168 Å². The van der Waals surface area contributed by atoms with Gasteiger partial charge in [-0.3, -0.25) is 4.79 Å². The number of hydrogen-bond donors (Lipinski definition) is 3. The molecule has 0 radical (unpaired) electrons. The average molecular weight is 536 g/mol. The van der Waals surface area contributed by atoms with E-state index in [1.807, 2.05) is 6.08 Å². The molecule has 0 saturated carbocycles. The number of carbonyl (C=O) groups is 1. The molecule has 0 spiro atoms. The molecule has 0 unspecified atom stereocenters. The third kappa shape index (κ3) is 26.5. The Kier molecular flexibility index (Phi) is 29.5. The third-order valence-electron chi connectivity index (χ3n) is 7.44. The van der Waals surface area contributed by atoms with Crippen molar-refractivity contribution >= 4 is 5.91 Å². The monoisotopic (exact) mass is 535 g/mol. The predicted octanol–water partition coefficient (Wildman–Crippen LogP) is 9.34. The molecule has 0 heterocycles. The van der Waals surface area contributed by atoms with Gasteiger partial charge in [0.15, 0.2) is 0 Å². The van der Waals surface area contributed by atoms with Gasteiger partial charge in [-0.2, -0.15) is 0 Å². The van der Waals surface area contributed by atoms with Crippen molar-refractivity contribution in [1.82, 2.24) is 5.32 Å². The van der Waals surface area contributed by atoms with Crippen LogP contribution in [0.3, 0.4) is 0 Å². The zero-order valence-corrected chi connectivity index (χ0v) is 25.4. The summed E-state index contributed by atoms with van der Waals surface area (Å²) in [7, 11) is 0. The average Bonchev–Trinajstić information content (AvgIpc) is 2.92. The first-order valence-corrected chi connectivity index (χ1v) is 16.6. The van der Waals surface area contributed by atoms with Crippen LogP contribution in [-0.2, 0) is 4.79 Å². The van der Waals surface area contributed by atoms with E-state index in [1.165, 1.54) is 116 Å². The number of allylic oxidation sites excluding steroid dienone is 3. The number of rotatable bonds is 29. The Balaban J connectivity index is 3.70. The van der Waals surface area contributed by atoms with E-state index in [1.54, 1.807) is 6.08 Å². The van der Waals surface area contributed by atoms with Crippen molar-refractivity contribution in [1.29, 1.82) is 0 Å². The molecule has 4 nitrogen and oxygen atoms in total. The minimum atomic E-state index is -0.854. The zero-order chi connectivity index (χ0) is 27.9. The first kappa shape index (κ1) is 36.9. The standard InChI is InChI=1S/C34H65NO3/c1-3-5-7-9-11-13-15-17-19-21-23-25-27-29-33(37)32(31-36)35-34(38)30-28-26-24-22-20-18-16-14-12-10-8-6-4-2/h19,21,27,29,32-33,36-37H,3-18,20,22-26,28,30-31H2,1-2H3,(H,35,38)/t32-,33+/m0/s1. The van der Waals surface area contributed by atoms with Crippen LogP contribution in [0.4, 0.5) is 0 Å². The summed E-state index contributed by atoms with van der Waals surface area (Å²) in [5, 5.41) is 22.8. The van der Waals surface area contributed by atoms with Crippen LogP contribution in [0.2, 0.25) is 0 Å². The minimum absolute atomic E-state index is 0.0760. The van der Waals surface area contributed by atoms with Crippen LogP contribution < -0.4 is 5.32 Å². The van der Waals surface area contributed by atoms with E-state index in [4.69, 9.17) is 0 Å². The van der Waals surface area contributed by atoms with Crippen molar-refractivity contribution in [2.24, 2.45) is 0 Å². The lowest BCUT2D eigenvalue weighted by atomic mass is 10.0. The van der Waals surface area contributed by atoms with Crippen LogP contribution in [0.25, 0.3) is 0 Å². The second kappa shape index (κ2) is 30.4. The second-order valence-electron chi connectivity index (χ2n) is 11.2. The van der Waals surface area contributed by atoms with Crippen molar-refractivity contribution in [3.8, 4) is 0 Å². The molecule has 224 valence electrons. The van der Waals surface area contributed by atoms with Gasteiger partial charge in [0.1, 0.15) is 0 Å². The van der Waals surface area contributed by atoms with Gasteiger partial charge >= 0.3 is 0 Å². The summed E-state index contributed by atoms with van der Waals surface area (Å²) in [5.41, 5.74) is 0. The molecular formula is C34H65NO3. The van der Waals surface area contributed by atoms with Crippen LogP contribution in [-0.4, -0.2) is 34.9 Å². The lowest BCUT2D eigenvalue weighted by Crippen LogP contribution is -2.45. The molecule has 0 saturated heterocycles. The number of amides is 1. The van der Waals surface area contributed by atoms with Crippen molar-refractivity contribution < 1.29 is 15.0 Å². The summed E-state index contributed by atoms with van der Waals surface area (Å²) in [6.45, 7) is 4.26. The first-order valence-electron chi connectivity index (χ1n) is 16.6. The van der Waals surface area contributed by atoms with Gasteiger partial charge in [-0.1, -0.05) is 154 Å². The molecule has 3 N–H and O–H groups in total. The molecule has 0 fully saturated rings. The van der Waals surface area contributed by atoms with Gasteiger partial charge in [-0.25, -0.2) is 0 Å². The van der Waals surface area contributed by atoms with Crippen molar-refractivity contribution in [2.75, 3.05) is 6.61 Å². The summed E-state index contributed by atoms with van der Waals surface area (Å²) in [6, 6.07) is -0.631. The Morgan fingerprint density at radius 3 is 1.53 bits per heavy atom. The van der Waals surface area contributed by atoms with Crippen LogP contribution in [0.5, 0.6) is 0 Å². The van der Waals surface area contributed by atoms with E-state index in [2.05, 4.69) is 31.3 Å². The quantitative estimate of drug-likeness (QED) is 0.0660. The van der Waals surface area contributed by atoms with E-state index >= 15 is 0 Å². The summed E-state index contributed by atoms with van der Waals surface area (Å²) in [6.07, 6.45) is 36.8. The maximum absolute atomic E-state index is 12.2. The molecule has 0 rings (SSSR count). The number of unbranched alkanes of at least 4 members (excludes halogenated alkanes) is 20. The third-order valence-corrected chi connectivity index (χ3v) is 7.44. The molecular weight excluding hydrogens is 470 g/mol.